The van der Waals surface area contributed by atoms with Crippen LogP contribution < -0.4 is 16.1 Å². The molecular formula is C27H39F3N4O5. The lowest BCUT2D eigenvalue weighted by atomic mass is 9.84. The highest BCUT2D eigenvalue weighted by molar-refractivity contribution is 5.94. The number of alkyl halides is 3. The maximum atomic E-state index is 13.5. The molecule has 0 aromatic heterocycles. The summed E-state index contributed by atoms with van der Waals surface area (Å²) in [5.41, 5.74) is 0.191. The van der Waals surface area contributed by atoms with Crippen molar-refractivity contribution < 1.29 is 37.6 Å². The second-order valence-electron chi connectivity index (χ2n) is 11.5. The third-order valence-electron chi connectivity index (χ3n) is 6.70. The smallest absolute Gasteiger partial charge is 0.349 e. The minimum absolute atomic E-state index is 0.104. The largest absolute Gasteiger partial charge is 0.416 e. The summed E-state index contributed by atoms with van der Waals surface area (Å²) < 4.78 is 38.3. The fourth-order valence-corrected chi connectivity index (χ4v) is 4.54. The summed E-state index contributed by atoms with van der Waals surface area (Å²) in [6.45, 7) is 9.93. The summed E-state index contributed by atoms with van der Waals surface area (Å²) in [4.78, 5) is 52.5. The Morgan fingerprint density at radius 2 is 1.59 bits per heavy atom. The van der Waals surface area contributed by atoms with Gasteiger partial charge in [0.15, 0.2) is 0 Å². The fraction of sp³-hybridized carbons (Fsp3) is 0.630. The monoisotopic (exact) mass is 556 g/mol. The Balaban J connectivity index is 2.01. The number of nitrogens with one attached hydrogen (secondary N) is 3. The SMILES string of the molecule is CC(C)C[C@H](CC(=O)NO)C(=O)N[C@H](C(=O)N1CCC(NC(=O)c2ccc(C(F)(F)F)cc2)CC1)C(C)(C)C. The number of hydrogen-bond donors (Lipinski definition) is 4. The lowest BCUT2D eigenvalue weighted by Crippen LogP contribution is -2.58. The molecule has 2 atom stereocenters. The molecule has 0 unspecified atom stereocenters. The van der Waals surface area contributed by atoms with Gasteiger partial charge < -0.3 is 15.5 Å². The van der Waals surface area contributed by atoms with E-state index in [1.54, 1.807) is 10.4 Å². The molecule has 2 rings (SSSR count). The Bertz CT molecular complexity index is 1010. The number of likely N-dealkylation sites (tertiary alicyclic amines) is 1. The summed E-state index contributed by atoms with van der Waals surface area (Å²) >= 11 is 0. The first-order valence-electron chi connectivity index (χ1n) is 13.0. The predicted octanol–water partition coefficient (Wildman–Crippen LogP) is 3.51. The van der Waals surface area contributed by atoms with Crippen LogP contribution in [0.2, 0.25) is 0 Å². The first-order chi connectivity index (χ1) is 18.0. The molecule has 4 amide bonds. The first-order valence-corrected chi connectivity index (χ1v) is 13.0. The zero-order valence-electron chi connectivity index (χ0n) is 23.0. The minimum Gasteiger partial charge on any atom is -0.349 e. The van der Waals surface area contributed by atoms with Crippen LogP contribution in [0.4, 0.5) is 13.2 Å². The fourth-order valence-electron chi connectivity index (χ4n) is 4.54. The number of rotatable bonds is 9. The Hall–Kier alpha value is -3.15. The van der Waals surface area contributed by atoms with Gasteiger partial charge in [0, 0.05) is 37.0 Å². The van der Waals surface area contributed by atoms with Crippen molar-refractivity contribution in [3.05, 3.63) is 35.4 Å². The molecule has 0 spiro atoms. The van der Waals surface area contributed by atoms with E-state index < -0.39 is 46.8 Å². The van der Waals surface area contributed by atoms with Crippen LogP contribution in [-0.4, -0.2) is 58.9 Å². The van der Waals surface area contributed by atoms with Crippen molar-refractivity contribution in [1.82, 2.24) is 21.0 Å². The molecule has 0 saturated carbocycles. The number of piperidine rings is 1. The molecule has 4 N–H and O–H groups in total. The number of halogens is 3. The van der Waals surface area contributed by atoms with E-state index in [4.69, 9.17) is 5.21 Å². The second-order valence-corrected chi connectivity index (χ2v) is 11.5. The number of carbonyl (C=O) groups is 4. The van der Waals surface area contributed by atoms with Crippen molar-refractivity contribution in [2.75, 3.05) is 13.1 Å². The van der Waals surface area contributed by atoms with E-state index in [0.29, 0.717) is 32.4 Å². The zero-order chi connectivity index (χ0) is 29.5. The topological polar surface area (TPSA) is 128 Å². The van der Waals surface area contributed by atoms with E-state index in [1.807, 2.05) is 34.6 Å². The van der Waals surface area contributed by atoms with Gasteiger partial charge in [0.25, 0.3) is 5.91 Å². The molecule has 1 fully saturated rings. The highest BCUT2D eigenvalue weighted by Crippen LogP contribution is 2.29. The van der Waals surface area contributed by atoms with Gasteiger partial charge in [0.1, 0.15) is 6.04 Å². The van der Waals surface area contributed by atoms with Crippen molar-refractivity contribution >= 4 is 23.6 Å². The van der Waals surface area contributed by atoms with Gasteiger partial charge in [-0.05, 0) is 54.9 Å². The van der Waals surface area contributed by atoms with Crippen molar-refractivity contribution in [3.63, 3.8) is 0 Å². The molecule has 0 radical (unpaired) electrons. The molecule has 12 heteroatoms. The van der Waals surface area contributed by atoms with Crippen LogP contribution in [0.5, 0.6) is 0 Å². The summed E-state index contributed by atoms with van der Waals surface area (Å²) in [6.07, 6.45) is -3.42. The average molecular weight is 557 g/mol. The molecule has 1 saturated heterocycles. The summed E-state index contributed by atoms with van der Waals surface area (Å²) in [5, 5.41) is 14.5. The number of carbonyl (C=O) groups excluding carboxylic acids is 4. The van der Waals surface area contributed by atoms with E-state index in [0.717, 1.165) is 24.3 Å². The third kappa shape index (κ3) is 9.52. The summed E-state index contributed by atoms with van der Waals surface area (Å²) in [5.74, 6) is -2.52. The van der Waals surface area contributed by atoms with Crippen LogP contribution in [0.3, 0.4) is 0 Å². The maximum Gasteiger partial charge on any atom is 0.416 e. The lowest BCUT2D eigenvalue weighted by Gasteiger charge is -2.39. The van der Waals surface area contributed by atoms with Crippen molar-refractivity contribution in [2.45, 2.75) is 78.6 Å². The molecule has 0 aliphatic carbocycles. The van der Waals surface area contributed by atoms with Gasteiger partial charge in [0.05, 0.1) is 5.56 Å². The second kappa shape index (κ2) is 13.3. The average Bonchev–Trinajstić information content (AvgIpc) is 2.85. The number of benzene rings is 1. The molecule has 1 aliphatic rings. The Morgan fingerprint density at radius 1 is 1.03 bits per heavy atom. The Labute approximate surface area is 226 Å². The van der Waals surface area contributed by atoms with Gasteiger partial charge in [-0.15, -0.1) is 0 Å². The standard InChI is InChI=1S/C27H39F3N4O5/c1-16(2)14-18(15-21(35)33-39)24(37)32-22(26(3,4)5)25(38)34-12-10-20(11-13-34)31-23(36)17-6-8-19(9-7-17)27(28,29)30/h6-9,16,18,20,22,39H,10-15H2,1-5H3,(H,31,36)(H,32,37)(H,33,35)/t18-,22-/m1/s1. The van der Waals surface area contributed by atoms with Gasteiger partial charge in [-0.3, -0.25) is 24.4 Å². The van der Waals surface area contributed by atoms with Gasteiger partial charge in [-0.2, -0.15) is 13.2 Å². The van der Waals surface area contributed by atoms with Crippen LogP contribution in [0.25, 0.3) is 0 Å². The molecule has 1 aliphatic heterocycles. The van der Waals surface area contributed by atoms with Crippen molar-refractivity contribution in [1.29, 1.82) is 0 Å². The summed E-state index contributed by atoms with van der Waals surface area (Å²) in [7, 11) is 0. The third-order valence-corrected chi connectivity index (χ3v) is 6.70. The van der Waals surface area contributed by atoms with Crippen LogP contribution in [0.15, 0.2) is 24.3 Å². The zero-order valence-corrected chi connectivity index (χ0v) is 23.0. The highest BCUT2D eigenvalue weighted by Gasteiger charge is 2.38. The van der Waals surface area contributed by atoms with E-state index in [9.17, 15) is 32.3 Å². The van der Waals surface area contributed by atoms with E-state index in [-0.39, 0.29) is 29.9 Å². The predicted molar refractivity (Wildman–Crippen MR) is 137 cm³/mol. The molecule has 1 aromatic rings. The normalized spacial score (nSPS) is 16.4. The molecule has 39 heavy (non-hydrogen) atoms. The van der Waals surface area contributed by atoms with Crippen LogP contribution in [-0.2, 0) is 20.6 Å². The van der Waals surface area contributed by atoms with Crippen LogP contribution in [0, 0.1) is 17.3 Å². The van der Waals surface area contributed by atoms with Crippen LogP contribution in [0.1, 0.15) is 76.2 Å². The Morgan fingerprint density at radius 3 is 2.05 bits per heavy atom. The van der Waals surface area contributed by atoms with Crippen LogP contribution >= 0.6 is 0 Å². The molecule has 1 heterocycles. The number of hydrogen-bond acceptors (Lipinski definition) is 5. The molecule has 9 nitrogen and oxygen atoms in total. The van der Waals surface area contributed by atoms with Crippen molar-refractivity contribution in [2.24, 2.45) is 17.3 Å². The molecule has 1 aromatic carbocycles. The quantitative estimate of drug-likeness (QED) is 0.273. The van der Waals surface area contributed by atoms with E-state index >= 15 is 0 Å². The van der Waals surface area contributed by atoms with Gasteiger partial charge >= 0.3 is 6.18 Å². The number of amides is 4. The van der Waals surface area contributed by atoms with Crippen molar-refractivity contribution in [3.8, 4) is 0 Å². The Kier molecular flexibility index (Phi) is 10.9. The molecule has 0 bridgehead atoms. The van der Waals surface area contributed by atoms with Gasteiger partial charge in [-0.25, -0.2) is 5.48 Å². The number of hydroxylamine groups is 1. The maximum absolute atomic E-state index is 13.5. The minimum atomic E-state index is -4.48. The van der Waals surface area contributed by atoms with E-state index in [1.165, 1.54) is 0 Å². The highest BCUT2D eigenvalue weighted by atomic mass is 19.4. The lowest BCUT2D eigenvalue weighted by molar-refractivity contribution is -0.142. The number of nitrogens with zero attached hydrogens (tertiary/aromatic N) is 1. The molecule has 218 valence electrons. The molecular weight excluding hydrogens is 517 g/mol. The van der Waals surface area contributed by atoms with E-state index in [2.05, 4.69) is 10.6 Å². The van der Waals surface area contributed by atoms with Gasteiger partial charge in [0.2, 0.25) is 17.7 Å². The summed E-state index contributed by atoms with van der Waals surface area (Å²) in [6, 6.07) is 2.85. The van der Waals surface area contributed by atoms with Gasteiger partial charge in [-0.1, -0.05) is 34.6 Å². The first kappa shape index (κ1) is 32.1.